The molecule has 5 aromatic carbocycles. The minimum Gasteiger partial charge on any atom is -0.293 e. The number of sulfone groups is 1. The summed E-state index contributed by atoms with van der Waals surface area (Å²) in [4.78, 5) is 5.49. The Balaban J connectivity index is 1.52. The molecule has 1 aliphatic carbocycles. The summed E-state index contributed by atoms with van der Waals surface area (Å²) in [5, 5.41) is 2.35. The van der Waals surface area contributed by atoms with E-state index in [1.807, 2.05) is 18.2 Å². The highest BCUT2D eigenvalue weighted by Crippen LogP contribution is 2.51. The van der Waals surface area contributed by atoms with E-state index in [2.05, 4.69) is 66.1 Å². The number of fused-ring (bicyclic) bond motifs is 5. The third-order valence-electron chi connectivity index (χ3n) is 7.67. The van der Waals surface area contributed by atoms with Crippen LogP contribution in [-0.4, -0.2) is 18.0 Å². The molecule has 0 spiro atoms. The van der Waals surface area contributed by atoms with Crippen molar-refractivity contribution in [1.82, 2.24) is 9.55 Å². The van der Waals surface area contributed by atoms with E-state index in [0.29, 0.717) is 32.9 Å². The fraction of sp³-hybridized carbons (Fsp3) is 0.0645. The molecule has 0 bridgehead atoms. The molecule has 1 aromatic heterocycles. The lowest BCUT2D eigenvalue weighted by Gasteiger charge is -2.24. The molecule has 8 rings (SSSR count). The molecule has 36 heavy (non-hydrogen) atoms. The molecular formula is C31H20N2O2S. The van der Waals surface area contributed by atoms with Gasteiger partial charge in [0, 0.05) is 12.0 Å². The zero-order valence-electron chi connectivity index (χ0n) is 19.5. The van der Waals surface area contributed by atoms with Crippen molar-refractivity contribution in [1.29, 1.82) is 0 Å². The van der Waals surface area contributed by atoms with E-state index >= 15 is 0 Å². The van der Waals surface area contributed by atoms with Crippen LogP contribution in [0.2, 0.25) is 0 Å². The standard InChI is InChI=1S/C31H20N2O2S/c1-2-28-32-25-13-7-15-27-31(25)33(28)30-24(12-6-14-26(30)36(27,34)35)20-16-17-23-19-9-4-3-8-18(19)21-10-5-11-22(20)29(21)23/h3-17H,2H2,1H3. The second kappa shape index (κ2) is 6.71. The van der Waals surface area contributed by atoms with Crippen LogP contribution >= 0.6 is 0 Å². The number of hydrogen-bond donors (Lipinski definition) is 0. The van der Waals surface area contributed by atoms with Crippen LogP contribution in [-0.2, 0) is 16.3 Å². The van der Waals surface area contributed by atoms with Gasteiger partial charge in [-0.1, -0.05) is 79.7 Å². The van der Waals surface area contributed by atoms with Crippen LogP contribution < -0.4 is 0 Å². The first-order chi connectivity index (χ1) is 17.6. The van der Waals surface area contributed by atoms with E-state index in [0.717, 1.165) is 22.3 Å². The molecule has 5 heteroatoms. The molecule has 4 nitrogen and oxygen atoms in total. The topological polar surface area (TPSA) is 52.0 Å². The molecule has 0 amide bonds. The molecule has 0 radical (unpaired) electrons. The largest absolute Gasteiger partial charge is 0.293 e. The highest BCUT2D eigenvalue weighted by atomic mass is 32.2. The highest BCUT2D eigenvalue weighted by molar-refractivity contribution is 7.92. The molecule has 0 saturated heterocycles. The van der Waals surface area contributed by atoms with Gasteiger partial charge >= 0.3 is 0 Å². The summed E-state index contributed by atoms with van der Waals surface area (Å²) in [5.41, 5.74) is 8.95. The van der Waals surface area contributed by atoms with Gasteiger partial charge in [-0.15, -0.1) is 0 Å². The van der Waals surface area contributed by atoms with Gasteiger partial charge in [-0.05, 0) is 56.8 Å². The predicted octanol–water partition coefficient (Wildman–Crippen LogP) is 7.20. The first-order valence-corrected chi connectivity index (χ1v) is 13.6. The van der Waals surface area contributed by atoms with Crippen LogP contribution in [0, 0.1) is 0 Å². The van der Waals surface area contributed by atoms with Crippen molar-refractivity contribution in [2.75, 3.05) is 0 Å². The van der Waals surface area contributed by atoms with Crippen LogP contribution in [0.25, 0.3) is 60.9 Å². The van der Waals surface area contributed by atoms with Crippen molar-refractivity contribution in [3.8, 4) is 39.1 Å². The molecule has 0 fully saturated rings. The van der Waals surface area contributed by atoms with Gasteiger partial charge in [-0.3, -0.25) is 4.57 Å². The second-order valence-electron chi connectivity index (χ2n) is 9.43. The number of imidazole rings is 1. The molecule has 2 aliphatic rings. The lowest BCUT2D eigenvalue weighted by Crippen LogP contribution is -2.17. The van der Waals surface area contributed by atoms with Gasteiger partial charge < -0.3 is 0 Å². The van der Waals surface area contributed by atoms with Crippen LogP contribution in [0.3, 0.4) is 0 Å². The summed E-state index contributed by atoms with van der Waals surface area (Å²) < 4.78 is 29.8. The fourth-order valence-corrected chi connectivity index (χ4v) is 7.85. The van der Waals surface area contributed by atoms with Crippen molar-refractivity contribution in [3.63, 3.8) is 0 Å². The van der Waals surface area contributed by atoms with Crippen LogP contribution in [0.4, 0.5) is 0 Å². The Hall–Kier alpha value is -4.22. The predicted molar refractivity (Wildman–Crippen MR) is 143 cm³/mol. The van der Waals surface area contributed by atoms with Gasteiger partial charge in [0.1, 0.15) is 5.82 Å². The number of aryl methyl sites for hydroxylation is 1. The maximum absolute atomic E-state index is 13.9. The Morgan fingerprint density at radius 2 is 1.31 bits per heavy atom. The molecule has 0 saturated carbocycles. The average Bonchev–Trinajstić information content (AvgIpc) is 3.45. The third kappa shape index (κ3) is 2.29. The Morgan fingerprint density at radius 1 is 0.667 bits per heavy atom. The first kappa shape index (κ1) is 20.0. The number of rotatable bonds is 2. The monoisotopic (exact) mass is 484 g/mol. The maximum Gasteiger partial charge on any atom is 0.210 e. The van der Waals surface area contributed by atoms with Crippen LogP contribution in [0.5, 0.6) is 0 Å². The molecule has 6 aromatic rings. The van der Waals surface area contributed by atoms with Gasteiger partial charge in [0.15, 0.2) is 0 Å². The van der Waals surface area contributed by atoms with Crippen molar-refractivity contribution >= 4 is 31.6 Å². The number of para-hydroxylation sites is 2. The Bertz CT molecular complexity index is 2020. The van der Waals surface area contributed by atoms with Crippen molar-refractivity contribution < 1.29 is 8.42 Å². The van der Waals surface area contributed by atoms with E-state index in [1.54, 1.807) is 18.2 Å². The highest BCUT2D eigenvalue weighted by Gasteiger charge is 2.35. The van der Waals surface area contributed by atoms with Gasteiger partial charge in [-0.2, -0.15) is 0 Å². The van der Waals surface area contributed by atoms with Crippen LogP contribution in [0.1, 0.15) is 12.7 Å². The molecule has 2 heterocycles. The van der Waals surface area contributed by atoms with E-state index < -0.39 is 9.84 Å². The lowest BCUT2D eigenvalue weighted by molar-refractivity contribution is 0.594. The molecule has 0 unspecified atom stereocenters. The van der Waals surface area contributed by atoms with Gasteiger partial charge in [0.2, 0.25) is 9.84 Å². The maximum atomic E-state index is 13.9. The van der Waals surface area contributed by atoms with E-state index in [1.165, 1.54) is 27.6 Å². The van der Waals surface area contributed by atoms with E-state index in [-0.39, 0.29) is 0 Å². The Labute approximate surface area is 208 Å². The Kier molecular flexibility index (Phi) is 3.73. The second-order valence-corrected chi connectivity index (χ2v) is 11.3. The summed E-state index contributed by atoms with van der Waals surface area (Å²) >= 11 is 0. The number of hydrogen-bond acceptors (Lipinski definition) is 3. The smallest absolute Gasteiger partial charge is 0.210 e. The number of benzene rings is 5. The number of aromatic nitrogens is 2. The fourth-order valence-electron chi connectivity index (χ4n) is 6.19. The van der Waals surface area contributed by atoms with E-state index in [9.17, 15) is 8.42 Å². The summed E-state index contributed by atoms with van der Waals surface area (Å²) in [7, 11) is -3.69. The SMILES string of the molecule is CCc1nc2cccc3c2n1-c1c(-c2ccc4c5c(cccc25)-c2ccccc2-4)cccc1S3(=O)=O. The van der Waals surface area contributed by atoms with Crippen molar-refractivity contribution in [2.45, 2.75) is 23.1 Å². The normalized spacial score (nSPS) is 14.2. The summed E-state index contributed by atoms with van der Waals surface area (Å²) in [6.45, 7) is 2.06. The third-order valence-corrected chi connectivity index (χ3v) is 9.48. The molecule has 172 valence electrons. The zero-order valence-corrected chi connectivity index (χ0v) is 20.3. The van der Waals surface area contributed by atoms with Crippen LogP contribution in [0.15, 0.2) is 101 Å². The molecule has 0 atom stereocenters. The minimum absolute atomic E-state index is 0.327. The van der Waals surface area contributed by atoms with E-state index in [4.69, 9.17) is 4.98 Å². The molecule has 0 N–H and O–H groups in total. The average molecular weight is 485 g/mol. The summed E-state index contributed by atoms with van der Waals surface area (Å²) in [6.07, 6.45) is 0.696. The van der Waals surface area contributed by atoms with Crippen molar-refractivity contribution in [2.24, 2.45) is 0 Å². The van der Waals surface area contributed by atoms with Gasteiger partial charge in [0.05, 0.1) is 26.5 Å². The lowest BCUT2D eigenvalue weighted by atomic mass is 9.93. The molecule has 1 aliphatic heterocycles. The first-order valence-electron chi connectivity index (χ1n) is 12.1. The Morgan fingerprint density at radius 3 is 2.11 bits per heavy atom. The minimum atomic E-state index is -3.69. The quantitative estimate of drug-likeness (QED) is 0.261. The van der Waals surface area contributed by atoms with Gasteiger partial charge in [-0.25, -0.2) is 13.4 Å². The zero-order chi connectivity index (χ0) is 24.2. The van der Waals surface area contributed by atoms with Crippen molar-refractivity contribution in [3.05, 3.63) is 96.8 Å². The number of nitrogens with zero attached hydrogens (tertiary/aromatic N) is 2. The molecular weight excluding hydrogens is 464 g/mol. The van der Waals surface area contributed by atoms with Gasteiger partial charge in [0.25, 0.3) is 0 Å². The summed E-state index contributed by atoms with van der Waals surface area (Å²) in [6, 6.07) is 30.3. The summed E-state index contributed by atoms with van der Waals surface area (Å²) in [5.74, 6) is 0.861.